The molecule has 2 rings (SSSR count). The van der Waals surface area contributed by atoms with Gasteiger partial charge in [0, 0.05) is 0 Å². The summed E-state index contributed by atoms with van der Waals surface area (Å²) in [5.74, 6) is 0. The molecule has 8 heteroatoms. The smallest absolute Gasteiger partial charge is 0.189 e. The Morgan fingerprint density at radius 2 is 0.905 bits per heavy atom. The SMILES string of the molecule is O=S(=O)(F)c1ccc(Cc2ccc(S(=O)(=O)F)cc2)cc1. The second kappa shape index (κ2) is 5.53. The lowest BCUT2D eigenvalue weighted by Crippen LogP contribution is -1.95. The first-order valence-electron chi connectivity index (χ1n) is 5.73. The summed E-state index contributed by atoms with van der Waals surface area (Å²) in [6, 6.07) is 10.4. The van der Waals surface area contributed by atoms with Crippen LogP contribution in [0.4, 0.5) is 7.77 Å². The first-order valence-corrected chi connectivity index (χ1v) is 8.50. The van der Waals surface area contributed by atoms with Gasteiger partial charge in [0.1, 0.15) is 0 Å². The first-order chi connectivity index (χ1) is 9.66. The van der Waals surface area contributed by atoms with E-state index in [1.165, 1.54) is 24.3 Å². The van der Waals surface area contributed by atoms with Crippen LogP contribution in [0.25, 0.3) is 0 Å². The summed E-state index contributed by atoms with van der Waals surface area (Å²) < 4.78 is 68.1. The van der Waals surface area contributed by atoms with Crippen LogP contribution in [0.5, 0.6) is 0 Å². The zero-order chi connectivity index (χ0) is 15.7. The van der Waals surface area contributed by atoms with Gasteiger partial charge in [-0.05, 0) is 41.8 Å². The van der Waals surface area contributed by atoms with Crippen LogP contribution in [0.15, 0.2) is 58.3 Å². The van der Waals surface area contributed by atoms with Crippen LogP contribution in [0.1, 0.15) is 11.1 Å². The molecule has 0 radical (unpaired) electrons. The molecule has 0 bridgehead atoms. The van der Waals surface area contributed by atoms with Crippen LogP contribution < -0.4 is 0 Å². The Bertz CT molecular complexity index is 767. The fourth-order valence-corrected chi connectivity index (χ4v) is 2.70. The molecular formula is C13H10F2O4S2. The number of rotatable bonds is 4. The molecule has 0 aliphatic heterocycles. The van der Waals surface area contributed by atoms with Crippen molar-refractivity contribution in [1.82, 2.24) is 0 Å². The number of halogens is 2. The van der Waals surface area contributed by atoms with Crippen LogP contribution >= 0.6 is 0 Å². The van der Waals surface area contributed by atoms with E-state index in [-0.39, 0.29) is 0 Å². The van der Waals surface area contributed by atoms with Gasteiger partial charge in [-0.2, -0.15) is 16.8 Å². The van der Waals surface area contributed by atoms with Crippen molar-refractivity contribution >= 4 is 20.4 Å². The Balaban J connectivity index is 2.19. The van der Waals surface area contributed by atoms with Crippen molar-refractivity contribution in [2.75, 3.05) is 0 Å². The number of hydrogen-bond acceptors (Lipinski definition) is 4. The number of benzene rings is 2. The summed E-state index contributed by atoms with van der Waals surface area (Å²) in [5, 5.41) is 0. The Labute approximate surface area is 121 Å². The highest BCUT2D eigenvalue weighted by Crippen LogP contribution is 2.18. The Morgan fingerprint density at radius 3 is 1.14 bits per heavy atom. The van der Waals surface area contributed by atoms with Crippen LogP contribution in [-0.2, 0) is 26.9 Å². The second-order valence-corrected chi connectivity index (χ2v) is 7.03. The van der Waals surface area contributed by atoms with Crippen molar-refractivity contribution in [1.29, 1.82) is 0 Å². The van der Waals surface area contributed by atoms with Gasteiger partial charge in [0.15, 0.2) is 0 Å². The molecule has 2 aromatic rings. The van der Waals surface area contributed by atoms with Gasteiger partial charge in [-0.3, -0.25) is 0 Å². The summed E-state index contributed by atoms with van der Waals surface area (Å²) in [5.41, 5.74) is 1.41. The van der Waals surface area contributed by atoms with E-state index in [9.17, 15) is 24.6 Å². The molecule has 0 saturated carbocycles. The van der Waals surface area contributed by atoms with Gasteiger partial charge in [0.2, 0.25) is 0 Å². The fraction of sp³-hybridized carbons (Fsp3) is 0.0769. The summed E-state index contributed by atoms with van der Waals surface area (Å²) in [6.45, 7) is 0. The molecule has 0 saturated heterocycles. The van der Waals surface area contributed by atoms with E-state index in [1.807, 2.05) is 0 Å². The molecule has 0 atom stereocenters. The molecule has 0 amide bonds. The third-order valence-corrected chi connectivity index (χ3v) is 4.49. The molecule has 0 N–H and O–H groups in total. The van der Waals surface area contributed by atoms with E-state index in [0.717, 1.165) is 24.3 Å². The van der Waals surface area contributed by atoms with Crippen molar-refractivity contribution in [3.8, 4) is 0 Å². The molecule has 2 aromatic carbocycles. The van der Waals surface area contributed by atoms with Gasteiger partial charge < -0.3 is 0 Å². The summed E-state index contributed by atoms with van der Waals surface area (Å²) >= 11 is 0. The molecule has 0 aliphatic rings. The van der Waals surface area contributed by atoms with Crippen molar-refractivity contribution in [3.05, 3.63) is 59.7 Å². The predicted octanol–water partition coefficient (Wildman–Crippen LogP) is 2.59. The highest BCUT2D eigenvalue weighted by Gasteiger charge is 2.12. The van der Waals surface area contributed by atoms with Gasteiger partial charge in [-0.25, -0.2) is 0 Å². The maximum absolute atomic E-state index is 12.7. The molecule has 112 valence electrons. The lowest BCUT2D eigenvalue weighted by atomic mass is 10.1. The van der Waals surface area contributed by atoms with Crippen LogP contribution in [-0.4, -0.2) is 16.8 Å². The normalized spacial score (nSPS) is 12.3. The largest absolute Gasteiger partial charge is 0.332 e. The van der Waals surface area contributed by atoms with Crippen molar-refractivity contribution in [3.63, 3.8) is 0 Å². The Hall–Kier alpha value is -1.80. The minimum Gasteiger partial charge on any atom is -0.189 e. The molecule has 0 aromatic heterocycles. The van der Waals surface area contributed by atoms with E-state index in [0.29, 0.717) is 17.5 Å². The number of hydrogen-bond donors (Lipinski definition) is 0. The average molecular weight is 332 g/mol. The molecule has 0 fully saturated rings. The zero-order valence-electron chi connectivity index (χ0n) is 10.5. The van der Waals surface area contributed by atoms with E-state index >= 15 is 0 Å². The minimum absolute atomic E-state index is 0.374. The van der Waals surface area contributed by atoms with E-state index in [4.69, 9.17) is 0 Å². The zero-order valence-corrected chi connectivity index (χ0v) is 12.2. The third-order valence-electron chi connectivity index (χ3n) is 2.82. The highest BCUT2D eigenvalue weighted by molar-refractivity contribution is 7.86. The molecule has 0 spiro atoms. The predicted molar refractivity (Wildman–Crippen MR) is 72.3 cm³/mol. The first kappa shape index (κ1) is 15.6. The maximum Gasteiger partial charge on any atom is 0.332 e. The van der Waals surface area contributed by atoms with E-state index < -0.39 is 30.2 Å². The molecule has 0 aliphatic carbocycles. The van der Waals surface area contributed by atoms with Gasteiger partial charge >= 0.3 is 20.4 Å². The van der Waals surface area contributed by atoms with Crippen molar-refractivity contribution < 1.29 is 24.6 Å². The van der Waals surface area contributed by atoms with Crippen molar-refractivity contribution in [2.24, 2.45) is 0 Å². The average Bonchev–Trinajstić information content (AvgIpc) is 2.38. The second-order valence-electron chi connectivity index (χ2n) is 4.34. The molecular weight excluding hydrogens is 322 g/mol. The van der Waals surface area contributed by atoms with E-state index in [2.05, 4.69) is 0 Å². The minimum atomic E-state index is -4.72. The standard InChI is InChI=1S/C13H10F2O4S2/c14-20(16,17)12-5-1-10(2-6-12)9-11-3-7-13(8-4-11)21(15,18)19/h1-8H,9H2. The lowest BCUT2D eigenvalue weighted by Gasteiger charge is -2.03. The quantitative estimate of drug-likeness (QED) is 0.807. The molecule has 0 heterocycles. The van der Waals surface area contributed by atoms with Gasteiger partial charge in [-0.1, -0.05) is 24.3 Å². The van der Waals surface area contributed by atoms with Gasteiger partial charge in [0.05, 0.1) is 9.79 Å². The van der Waals surface area contributed by atoms with Crippen LogP contribution in [0, 0.1) is 0 Å². The molecule has 0 unspecified atom stereocenters. The summed E-state index contributed by atoms with van der Waals surface area (Å²) in [6.07, 6.45) is 0.374. The summed E-state index contributed by atoms with van der Waals surface area (Å²) in [4.78, 5) is -0.852. The monoisotopic (exact) mass is 332 g/mol. The van der Waals surface area contributed by atoms with Crippen LogP contribution in [0.2, 0.25) is 0 Å². The maximum atomic E-state index is 12.7. The summed E-state index contributed by atoms with van der Waals surface area (Å²) in [7, 11) is -9.45. The van der Waals surface area contributed by atoms with Gasteiger partial charge in [-0.15, -0.1) is 7.77 Å². The Kier molecular flexibility index (Phi) is 4.11. The van der Waals surface area contributed by atoms with E-state index in [1.54, 1.807) is 0 Å². The Morgan fingerprint density at radius 1 is 0.619 bits per heavy atom. The topological polar surface area (TPSA) is 68.3 Å². The van der Waals surface area contributed by atoms with Crippen molar-refractivity contribution in [2.45, 2.75) is 16.2 Å². The van der Waals surface area contributed by atoms with Gasteiger partial charge in [0.25, 0.3) is 0 Å². The van der Waals surface area contributed by atoms with Crippen LogP contribution in [0.3, 0.4) is 0 Å². The third kappa shape index (κ3) is 4.08. The lowest BCUT2D eigenvalue weighted by molar-refractivity contribution is 0.550. The molecule has 4 nitrogen and oxygen atoms in total. The fourth-order valence-electron chi connectivity index (χ4n) is 1.78. The highest BCUT2D eigenvalue weighted by atomic mass is 32.3. The molecule has 21 heavy (non-hydrogen) atoms.